The van der Waals surface area contributed by atoms with Crippen molar-refractivity contribution in [1.29, 1.82) is 0 Å². The summed E-state index contributed by atoms with van der Waals surface area (Å²) in [5.74, 6) is -0.422. The van der Waals surface area contributed by atoms with E-state index in [9.17, 15) is 9.59 Å². The Bertz CT molecular complexity index is 499. The van der Waals surface area contributed by atoms with E-state index < -0.39 is 6.04 Å². The van der Waals surface area contributed by atoms with Gasteiger partial charge in [-0.25, -0.2) is 0 Å². The van der Waals surface area contributed by atoms with Gasteiger partial charge in [0.05, 0.1) is 19.8 Å². The summed E-state index contributed by atoms with van der Waals surface area (Å²) in [7, 11) is 1.32. The molecule has 5 nitrogen and oxygen atoms in total. The largest absolute Gasteiger partial charge is 0.469 e. The fourth-order valence-electron chi connectivity index (χ4n) is 2.02. The second-order valence-electron chi connectivity index (χ2n) is 5.01. The number of ketones is 1. The van der Waals surface area contributed by atoms with Crippen molar-refractivity contribution < 1.29 is 19.4 Å². The van der Waals surface area contributed by atoms with Gasteiger partial charge in [0, 0.05) is 18.5 Å². The van der Waals surface area contributed by atoms with Crippen LogP contribution in [0.25, 0.3) is 0 Å². The molecule has 1 rings (SSSR count). The first-order chi connectivity index (χ1) is 9.99. The van der Waals surface area contributed by atoms with Crippen molar-refractivity contribution in [3.8, 4) is 0 Å². The zero-order chi connectivity index (χ0) is 15.8. The van der Waals surface area contributed by atoms with Gasteiger partial charge in [0.15, 0.2) is 5.78 Å². The van der Waals surface area contributed by atoms with Crippen LogP contribution in [0.1, 0.15) is 34.3 Å². The lowest BCUT2D eigenvalue weighted by Gasteiger charge is -2.17. The van der Waals surface area contributed by atoms with Crippen LogP contribution in [0, 0.1) is 13.8 Å². The van der Waals surface area contributed by atoms with Crippen molar-refractivity contribution in [3.63, 3.8) is 0 Å². The number of methoxy groups -OCH3 is 1. The molecule has 0 spiro atoms. The van der Waals surface area contributed by atoms with Crippen LogP contribution in [0.3, 0.4) is 0 Å². The van der Waals surface area contributed by atoms with Crippen molar-refractivity contribution in [2.24, 2.45) is 0 Å². The minimum Gasteiger partial charge on any atom is -0.469 e. The second kappa shape index (κ2) is 8.54. The molecule has 0 aliphatic carbocycles. The first-order valence-electron chi connectivity index (χ1n) is 7.02. The molecule has 1 aromatic carbocycles. The number of nitrogens with one attached hydrogen (secondary N) is 1. The highest BCUT2D eigenvalue weighted by Gasteiger charge is 2.21. The summed E-state index contributed by atoms with van der Waals surface area (Å²) in [6.45, 7) is 4.19. The van der Waals surface area contributed by atoms with E-state index in [1.807, 2.05) is 26.0 Å². The average Bonchev–Trinajstić information content (AvgIpc) is 2.49. The molecule has 116 valence electrons. The summed E-state index contributed by atoms with van der Waals surface area (Å²) in [5.41, 5.74) is 2.79. The van der Waals surface area contributed by atoms with Gasteiger partial charge in [0.25, 0.3) is 0 Å². The third-order valence-corrected chi connectivity index (χ3v) is 3.48. The molecule has 0 aromatic heterocycles. The molecule has 0 amide bonds. The Morgan fingerprint density at radius 3 is 2.57 bits per heavy atom. The summed E-state index contributed by atoms with van der Waals surface area (Å²) < 4.78 is 4.60. The fourth-order valence-corrected chi connectivity index (χ4v) is 2.02. The first kappa shape index (κ1) is 17.3. The summed E-state index contributed by atoms with van der Waals surface area (Å²) in [6.07, 6.45) is 0.509. The number of aliphatic hydroxyl groups is 1. The van der Waals surface area contributed by atoms with Crippen molar-refractivity contribution >= 4 is 11.8 Å². The van der Waals surface area contributed by atoms with Crippen LogP contribution in [-0.2, 0) is 9.53 Å². The average molecular weight is 293 g/mol. The normalized spacial score (nSPS) is 12.0. The molecular weight excluding hydrogens is 270 g/mol. The predicted molar refractivity (Wildman–Crippen MR) is 80.4 cm³/mol. The molecule has 0 aliphatic rings. The molecule has 1 aromatic rings. The van der Waals surface area contributed by atoms with Gasteiger partial charge in [0.2, 0.25) is 0 Å². The van der Waals surface area contributed by atoms with Gasteiger partial charge in [-0.15, -0.1) is 0 Å². The maximum absolute atomic E-state index is 12.5. The highest BCUT2D eigenvalue weighted by molar-refractivity contribution is 6.00. The Balaban J connectivity index is 2.82. The number of Topliss-reactive ketones (excluding diaryl/α,β-unsaturated/α-hetero) is 1. The third kappa shape index (κ3) is 5.28. The first-order valence-corrected chi connectivity index (χ1v) is 7.02. The zero-order valence-corrected chi connectivity index (χ0v) is 12.8. The number of hydrogen-bond donors (Lipinski definition) is 2. The number of hydrogen-bond acceptors (Lipinski definition) is 5. The van der Waals surface area contributed by atoms with Crippen LogP contribution in [0.5, 0.6) is 0 Å². The molecule has 0 bridgehead atoms. The van der Waals surface area contributed by atoms with E-state index in [0.29, 0.717) is 18.5 Å². The van der Waals surface area contributed by atoms with Crippen molar-refractivity contribution in [3.05, 3.63) is 34.9 Å². The molecule has 0 aliphatic heterocycles. The SMILES string of the molecule is COC(=O)CCC(NCCO)C(=O)c1ccc(C)c(C)c1. The minimum atomic E-state index is -0.502. The molecule has 1 unspecified atom stereocenters. The van der Waals surface area contributed by atoms with Gasteiger partial charge < -0.3 is 15.2 Å². The number of carbonyl (C=O) groups is 2. The van der Waals surface area contributed by atoms with Gasteiger partial charge >= 0.3 is 5.97 Å². The van der Waals surface area contributed by atoms with Gasteiger partial charge in [-0.05, 0) is 37.5 Å². The number of benzene rings is 1. The second-order valence-corrected chi connectivity index (χ2v) is 5.01. The molecule has 2 N–H and O–H groups in total. The maximum Gasteiger partial charge on any atom is 0.305 e. The third-order valence-electron chi connectivity index (χ3n) is 3.48. The molecule has 5 heteroatoms. The molecule has 0 saturated carbocycles. The summed E-state index contributed by atoms with van der Waals surface area (Å²) in [4.78, 5) is 23.8. The summed E-state index contributed by atoms with van der Waals surface area (Å²) >= 11 is 0. The number of rotatable bonds is 8. The molecular formula is C16H23NO4. The van der Waals surface area contributed by atoms with Crippen molar-refractivity contribution in [2.75, 3.05) is 20.3 Å². The predicted octanol–water partition coefficient (Wildman–Crippen LogP) is 1.39. The van der Waals surface area contributed by atoms with Gasteiger partial charge in [0.1, 0.15) is 0 Å². The Kier molecular flexibility index (Phi) is 7.05. The molecule has 21 heavy (non-hydrogen) atoms. The highest BCUT2D eigenvalue weighted by Crippen LogP contribution is 2.14. The van der Waals surface area contributed by atoms with Gasteiger partial charge in [-0.1, -0.05) is 12.1 Å². The Hall–Kier alpha value is -1.72. The number of aliphatic hydroxyl groups excluding tert-OH is 1. The van der Waals surface area contributed by atoms with Crippen LogP contribution in [0.4, 0.5) is 0 Å². The van der Waals surface area contributed by atoms with E-state index in [1.165, 1.54) is 7.11 Å². The van der Waals surface area contributed by atoms with E-state index in [2.05, 4.69) is 10.1 Å². The van der Waals surface area contributed by atoms with E-state index >= 15 is 0 Å². The Morgan fingerprint density at radius 2 is 2.00 bits per heavy atom. The van der Waals surface area contributed by atoms with Crippen molar-refractivity contribution in [1.82, 2.24) is 5.32 Å². The minimum absolute atomic E-state index is 0.0606. The van der Waals surface area contributed by atoms with E-state index in [0.717, 1.165) is 11.1 Å². The molecule has 0 radical (unpaired) electrons. The fraction of sp³-hybridized carbons (Fsp3) is 0.500. The number of ether oxygens (including phenoxy) is 1. The lowest BCUT2D eigenvalue weighted by atomic mass is 9.97. The lowest BCUT2D eigenvalue weighted by Crippen LogP contribution is -2.39. The van der Waals surface area contributed by atoms with E-state index in [4.69, 9.17) is 5.11 Å². The van der Waals surface area contributed by atoms with E-state index in [1.54, 1.807) is 6.07 Å². The lowest BCUT2D eigenvalue weighted by molar-refractivity contribution is -0.140. The standard InChI is InChI=1S/C16H23NO4/c1-11-4-5-13(10-12(11)2)16(20)14(17-8-9-18)6-7-15(19)21-3/h4-5,10,14,17-18H,6-9H2,1-3H3. The van der Waals surface area contributed by atoms with Crippen LogP contribution < -0.4 is 5.32 Å². The topological polar surface area (TPSA) is 75.6 Å². The summed E-state index contributed by atoms with van der Waals surface area (Å²) in [5, 5.41) is 11.9. The number of esters is 1. The smallest absolute Gasteiger partial charge is 0.305 e. The van der Waals surface area contributed by atoms with E-state index in [-0.39, 0.29) is 24.8 Å². The van der Waals surface area contributed by atoms with Crippen LogP contribution in [0.15, 0.2) is 18.2 Å². The maximum atomic E-state index is 12.5. The number of carbonyl (C=O) groups excluding carboxylic acids is 2. The summed E-state index contributed by atoms with van der Waals surface area (Å²) in [6, 6.07) is 5.05. The highest BCUT2D eigenvalue weighted by atomic mass is 16.5. The monoisotopic (exact) mass is 293 g/mol. The number of aryl methyl sites for hydroxylation is 2. The van der Waals surface area contributed by atoms with Crippen LogP contribution >= 0.6 is 0 Å². The van der Waals surface area contributed by atoms with Gasteiger partial charge in [-0.2, -0.15) is 0 Å². The Labute approximate surface area is 125 Å². The van der Waals surface area contributed by atoms with Gasteiger partial charge in [-0.3, -0.25) is 9.59 Å². The molecule has 0 saturated heterocycles. The van der Waals surface area contributed by atoms with Crippen molar-refractivity contribution in [2.45, 2.75) is 32.7 Å². The Morgan fingerprint density at radius 1 is 1.29 bits per heavy atom. The zero-order valence-electron chi connectivity index (χ0n) is 12.8. The quantitative estimate of drug-likeness (QED) is 0.559. The van der Waals surface area contributed by atoms with Crippen LogP contribution in [-0.4, -0.2) is 43.2 Å². The van der Waals surface area contributed by atoms with Crippen LogP contribution in [0.2, 0.25) is 0 Å². The molecule has 0 heterocycles. The molecule has 0 fully saturated rings. The molecule has 1 atom stereocenters.